The fraction of sp³-hybridized carbons (Fsp3) is 0.103. The summed E-state index contributed by atoms with van der Waals surface area (Å²) in [5.74, 6) is 0.547. The normalized spacial score (nSPS) is 11.1. The lowest BCUT2D eigenvalue weighted by Crippen LogP contribution is -2.13. The number of fused-ring (bicyclic) bond motifs is 1. The van der Waals surface area contributed by atoms with Crippen LogP contribution in [0.1, 0.15) is 16.7 Å². The molecule has 0 saturated carbocycles. The summed E-state index contributed by atoms with van der Waals surface area (Å²) >= 11 is 3.54. The number of anilines is 1. The third kappa shape index (κ3) is 5.89. The van der Waals surface area contributed by atoms with Crippen LogP contribution in [0.2, 0.25) is 0 Å². The second kappa shape index (κ2) is 10.9. The van der Waals surface area contributed by atoms with E-state index in [4.69, 9.17) is 9.47 Å². The maximum absolute atomic E-state index is 12.6. The first-order valence-electron chi connectivity index (χ1n) is 10.9. The van der Waals surface area contributed by atoms with Crippen molar-refractivity contribution in [1.82, 2.24) is 0 Å². The van der Waals surface area contributed by atoms with E-state index in [1.807, 2.05) is 43.3 Å². The molecule has 0 heterocycles. The summed E-state index contributed by atoms with van der Waals surface area (Å²) < 4.78 is 12.3. The number of rotatable bonds is 7. The maximum atomic E-state index is 12.6. The minimum atomic E-state index is -0.483. The lowest BCUT2D eigenvalue weighted by Gasteiger charge is -2.14. The molecular weight excluding hydrogens is 504 g/mol. The SMILES string of the molecule is COc1cc(/C=C(\C#N)C(=O)Nc2ccc(C)cc2)cc(Br)c1OCc1ccc2ccccc2c1. The molecule has 0 aromatic heterocycles. The Bertz CT molecular complexity index is 1450. The van der Waals surface area contributed by atoms with E-state index in [2.05, 4.69) is 45.5 Å². The smallest absolute Gasteiger partial charge is 0.266 e. The molecular formula is C29H23BrN2O3. The van der Waals surface area contributed by atoms with Crippen molar-refractivity contribution in [2.75, 3.05) is 12.4 Å². The molecule has 0 spiro atoms. The van der Waals surface area contributed by atoms with Gasteiger partial charge in [0.05, 0.1) is 11.6 Å². The lowest BCUT2D eigenvalue weighted by molar-refractivity contribution is -0.112. The van der Waals surface area contributed by atoms with Crippen molar-refractivity contribution in [3.63, 3.8) is 0 Å². The van der Waals surface area contributed by atoms with Crippen molar-refractivity contribution in [2.45, 2.75) is 13.5 Å². The summed E-state index contributed by atoms with van der Waals surface area (Å²) in [6.45, 7) is 2.32. The topological polar surface area (TPSA) is 71.3 Å². The molecule has 0 fully saturated rings. The molecule has 0 bridgehead atoms. The molecule has 5 nitrogen and oxygen atoms in total. The van der Waals surface area contributed by atoms with E-state index in [1.54, 1.807) is 31.4 Å². The number of nitrogens with zero attached hydrogens (tertiary/aromatic N) is 1. The Morgan fingerprint density at radius 2 is 1.77 bits per heavy atom. The van der Waals surface area contributed by atoms with Gasteiger partial charge in [0, 0.05) is 5.69 Å². The highest BCUT2D eigenvalue weighted by atomic mass is 79.9. The minimum Gasteiger partial charge on any atom is -0.493 e. The summed E-state index contributed by atoms with van der Waals surface area (Å²) in [6.07, 6.45) is 1.52. The molecule has 4 aromatic carbocycles. The first-order valence-corrected chi connectivity index (χ1v) is 11.7. The Morgan fingerprint density at radius 3 is 2.49 bits per heavy atom. The van der Waals surface area contributed by atoms with Crippen molar-refractivity contribution in [2.24, 2.45) is 0 Å². The second-order valence-corrected chi connectivity index (χ2v) is 8.85. The fourth-order valence-corrected chi connectivity index (χ4v) is 4.17. The molecule has 4 aromatic rings. The van der Waals surface area contributed by atoms with Gasteiger partial charge in [0.1, 0.15) is 18.2 Å². The number of hydrogen-bond donors (Lipinski definition) is 1. The number of amides is 1. The lowest BCUT2D eigenvalue weighted by atomic mass is 10.1. The molecule has 4 rings (SSSR count). The van der Waals surface area contributed by atoms with E-state index in [1.165, 1.54) is 11.5 Å². The molecule has 0 aliphatic carbocycles. The molecule has 1 amide bonds. The number of nitrogens with one attached hydrogen (secondary N) is 1. The van der Waals surface area contributed by atoms with Gasteiger partial charge in [-0.05, 0) is 81.2 Å². The molecule has 0 aliphatic rings. The third-order valence-electron chi connectivity index (χ3n) is 5.43. The van der Waals surface area contributed by atoms with Gasteiger partial charge in [-0.25, -0.2) is 0 Å². The van der Waals surface area contributed by atoms with E-state index < -0.39 is 5.91 Å². The van der Waals surface area contributed by atoms with Gasteiger partial charge in [0.15, 0.2) is 11.5 Å². The number of carbonyl (C=O) groups is 1. The van der Waals surface area contributed by atoms with E-state index >= 15 is 0 Å². The molecule has 0 atom stereocenters. The van der Waals surface area contributed by atoms with Gasteiger partial charge in [-0.2, -0.15) is 5.26 Å². The quantitative estimate of drug-likeness (QED) is 0.207. The van der Waals surface area contributed by atoms with Crippen LogP contribution >= 0.6 is 15.9 Å². The van der Waals surface area contributed by atoms with Crippen LogP contribution in [0.15, 0.2) is 88.9 Å². The van der Waals surface area contributed by atoms with Gasteiger partial charge in [0.25, 0.3) is 5.91 Å². The number of carbonyl (C=O) groups excluding carboxylic acids is 1. The summed E-state index contributed by atoms with van der Waals surface area (Å²) in [7, 11) is 1.55. The van der Waals surface area contributed by atoms with Gasteiger partial charge in [-0.3, -0.25) is 4.79 Å². The van der Waals surface area contributed by atoms with Crippen molar-refractivity contribution in [3.05, 3.63) is 106 Å². The van der Waals surface area contributed by atoms with Crippen molar-refractivity contribution in [3.8, 4) is 17.6 Å². The van der Waals surface area contributed by atoms with Crippen LogP contribution in [0, 0.1) is 18.3 Å². The van der Waals surface area contributed by atoms with Crippen LogP contribution in [-0.2, 0) is 11.4 Å². The third-order valence-corrected chi connectivity index (χ3v) is 6.02. The second-order valence-electron chi connectivity index (χ2n) is 7.99. The number of ether oxygens (including phenoxy) is 2. The highest BCUT2D eigenvalue weighted by Gasteiger charge is 2.14. The number of halogens is 1. The van der Waals surface area contributed by atoms with Crippen molar-refractivity contribution >= 4 is 44.4 Å². The zero-order valence-corrected chi connectivity index (χ0v) is 20.9. The highest BCUT2D eigenvalue weighted by molar-refractivity contribution is 9.10. The Balaban J connectivity index is 1.53. The first kappa shape index (κ1) is 24.1. The Labute approximate surface area is 212 Å². The molecule has 6 heteroatoms. The standard InChI is InChI=1S/C29H23BrN2O3/c1-19-7-11-25(12-8-19)32-29(33)24(17-31)14-21-15-26(30)28(27(16-21)34-2)35-18-20-9-10-22-5-3-4-6-23(22)13-20/h3-16H,18H2,1-2H3,(H,32,33)/b24-14+. The zero-order valence-electron chi connectivity index (χ0n) is 19.3. The Hall–Kier alpha value is -4.08. The Kier molecular flexibility index (Phi) is 7.49. The van der Waals surface area contributed by atoms with Gasteiger partial charge < -0.3 is 14.8 Å². The molecule has 35 heavy (non-hydrogen) atoms. The van der Waals surface area contributed by atoms with Crippen molar-refractivity contribution in [1.29, 1.82) is 5.26 Å². The van der Waals surface area contributed by atoms with Crippen molar-refractivity contribution < 1.29 is 14.3 Å². The number of benzene rings is 4. The summed E-state index contributed by atoms with van der Waals surface area (Å²) in [6, 6.07) is 27.2. The number of methoxy groups -OCH3 is 1. The number of aryl methyl sites for hydroxylation is 1. The van der Waals surface area contributed by atoms with Crippen LogP contribution in [0.25, 0.3) is 16.8 Å². The van der Waals surface area contributed by atoms with Crippen LogP contribution in [0.4, 0.5) is 5.69 Å². The number of hydrogen-bond acceptors (Lipinski definition) is 4. The van der Waals surface area contributed by atoms with E-state index in [9.17, 15) is 10.1 Å². The average Bonchev–Trinajstić information content (AvgIpc) is 2.87. The first-order chi connectivity index (χ1) is 17.0. The van der Waals surface area contributed by atoms with Gasteiger partial charge in [-0.15, -0.1) is 0 Å². The largest absolute Gasteiger partial charge is 0.493 e. The average molecular weight is 527 g/mol. The molecule has 0 unspecified atom stereocenters. The molecule has 0 saturated heterocycles. The number of nitriles is 1. The maximum Gasteiger partial charge on any atom is 0.266 e. The predicted molar refractivity (Wildman–Crippen MR) is 142 cm³/mol. The van der Waals surface area contributed by atoms with E-state index in [0.717, 1.165) is 16.5 Å². The minimum absolute atomic E-state index is 0.0237. The van der Waals surface area contributed by atoms with Crippen LogP contribution in [0.5, 0.6) is 11.5 Å². The monoisotopic (exact) mass is 526 g/mol. The molecule has 0 radical (unpaired) electrons. The van der Waals surface area contributed by atoms with Gasteiger partial charge in [0.2, 0.25) is 0 Å². The predicted octanol–water partition coefficient (Wildman–Crippen LogP) is 7.04. The summed E-state index contributed by atoms with van der Waals surface area (Å²) in [4.78, 5) is 12.6. The fourth-order valence-electron chi connectivity index (χ4n) is 3.60. The summed E-state index contributed by atoms with van der Waals surface area (Å²) in [5.41, 5.74) is 3.34. The van der Waals surface area contributed by atoms with E-state index in [0.29, 0.717) is 33.8 Å². The van der Waals surface area contributed by atoms with Crippen LogP contribution in [0.3, 0.4) is 0 Å². The van der Waals surface area contributed by atoms with Crippen LogP contribution in [-0.4, -0.2) is 13.0 Å². The zero-order chi connectivity index (χ0) is 24.8. The summed E-state index contributed by atoms with van der Waals surface area (Å²) in [5, 5.41) is 14.6. The van der Waals surface area contributed by atoms with Gasteiger partial charge >= 0.3 is 0 Å². The molecule has 174 valence electrons. The molecule has 0 aliphatic heterocycles. The van der Waals surface area contributed by atoms with Gasteiger partial charge in [-0.1, -0.05) is 54.1 Å². The van der Waals surface area contributed by atoms with E-state index in [-0.39, 0.29) is 5.57 Å². The Morgan fingerprint density at radius 1 is 1.03 bits per heavy atom. The highest BCUT2D eigenvalue weighted by Crippen LogP contribution is 2.38. The molecule has 1 N–H and O–H groups in total. The van der Waals surface area contributed by atoms with Crippen LogP contribution < -0.4 is 14.8 Å².